The van der Waals surface area contributed by atoms with E-state index in [0.29, 0.717) is 19.5 Å². The molecule has 16 heavy (non-hydrogen) atoms. The van der Waals surface area contributed by atoms with E-state index >= 15 is 0 Å². The Morgan fingerprint density at radius 3 is 2.38 bits per heavy atom. The second kappa shape index (κ2) is 8.10. The van der Waals surface area contributed by atoms with E-state index in [2.05, 4.69) is 5.32 Å². The molecule has 0 radical (unpaired) electrons. The summed E-state index contributed by atoms with van der Waals surface area (Å²) in [6.45, 7) is 6.85. The second-order valence-electron chi connectivity index (χ2n) is 3.70. The van der Waals surface area contributed by atoms with Gasteiger partial charge in [0.15, 0.2) is 0 Å². The van der Waals surface area contributed by atoms with Gasteiger partial charge >= 0.3 is 0 Å². The monoisotopic (exact) mass is 229 g/mol. The number of hydrogen-bond acceptors (Lipinski definition) is 3. The van der Waals surface area contributed by atoms with Crippen molar-refractivity contribution >= 4 is 11.8 Å². The van der Waals surface area contributed by atoms with Gasteiger partial charge in [0, 0.05) is 13.1 Å². The van der Waals surface area contributed by atoms with Crippen LogP contribution in [0.3, 0.4) is 0 Å². The van der Waals surface area contributed by atoms with Crippen molar-refractivity contribution in [1.29, 1.82) is 0 Å². The summed E-state index contributed by atoms with van der Waals surface area (Å²) >= 11 is 0. The lowest BCUT2D eigenvalue weighted by Gasteiger charge is -2.23. The molecular formula is C11H23N3O2. The second-order valence-corrected chi connectivity index (χ2v) is 3.70. The van der Waals surface area contributed by atoms with Gasteiger partial charge in [-0.05, 0) is 20.3 Å². The minimum Gasteiger partial charge on any atom is -0.355 e. The van der Waals surface area contributed by atoms with Crippen LogP contribution in [0.25, 0.3) is 0 Å². The zero-order valence-electron chi connectivity index (χ0n) is 10.5. The van der Waals surface area contributed by atoms with Crippen molar-refractivity contribution in [1.82, 2.24) is 10.2 Å². The summed E-state index contributed by atoms with van der Waals surface area (Å²) in [6, 6.07) is -0.487. The van der Waals surface area contributed by atoms with Gasteiger partial charge in [-0.3, -0.25) is 9.59 Å². The van der Waals surface area contributed by atoms with Crippen molar-refractivity contribution in [2.75, 3.05) is 19.6 Å². The van der Waals surface area contributed by atoms with Crippen LogP contribution >= 0.6 is 0 Å². The minimum absolute atomic E-state index is 0.0978. The molecular weight excluding hydrogens is 206 g/mol. The molecule has 0 rings (SSSR count). The summed E-state index contributed by atoms with van der Waals surface area (Å²) in [5, 5.41) is 2.66. The largest absolute Gasteiger partial charge is 0.355 e. The molecule has 0 spiro atoms. The predicted molar refractivity (Wildman–Crippen MR) is 63.8 cm³/mol. The van der Waals surface area contributed by atoms with Crippen LogP contribution in [0.4, 0.5) is 0 Å². The average Bonchev–Trinajstić information content (AvgIpc) is 2.25. The normalized spacial score (nSPS) is 12.0. The first-order valence-electron chi connectivity index (χ1n) is 5.87. The lowest BCUT2D eigenvalue weighted by molar-refractivity contribution is -0.137. The summed E-state index contributed by atoms with van der Waals surface area (Å²) in [5.74, 6) is -0.281. The molecule has 5 nitrogen and oxygen atoms in total. The van der Waals surface area contributed by atoms with Crippen molar-refractivity contribution in [2.45, 2.75) is 39.7 Å². The van der Waals surface area contributed by atoms with E-state index in [4.69, 9.17) is 5.73 Å². The Morgan fingerprint density at radius 1 is 1.31 bits per heavy atom. The predicted octanol–water partition coefficient (Wildman–Crippen LogP) is 0.0984. The van der Waals surface area contributed by atoms with E-state index in [1.807, 2.05) is 20.8 Å². The number of nitrogens with zero attached hydrogens (tertiary/aromatic N) is 1. The van der Waals surface area contributed by atoms with Crippen LogP contribution in [0.5, 0.6) is 0 Å². The molecule has 3 N–H and O–H groups in total. The molecule has 5 heteroatoms. The van der Waals surface area contributed by atoms with Crippen molar-refractivity contribution < 1.29 is 9.59 Å². The molecule has 0 aliphatic carbocycles. The van der Waals surface area contributed by atoms with Crippen LogP contribution < -0.4 is 11.1 Å². The third-order valence-corrected chi connectivity index (χ3v) is 2.32. The standard InChI is InChI=1S/C11H23N3O2/c1-4-7-9(12)11(16)14(6-3)8-10(15)13-5-2/h9H,4-8,12H2,1-3H3,(H,13,15). The summed E-state index contributed by atoms with van der Waals surface area (Å²) in [7, 11) is 0. The molecule has 0 aliphatic heterocycles. The van der Waals surface area contributed by atoms with Gasteiger partial charge in [-0.15, -0.1) is 0 Å². The number of nitrogens with two attached hydrogens (primary N) is 1. The minimum atomic E-state index is -0.487. The van der Waals surface area contributed by atoms with Gasteiger partial charge in [0.2, 0.25) is 11.8 Å². The third kappa shape index (κ3) is 5.11. The topological polar surface area (TPSA) is 75.4 Å². The lowest BCUT2D eigenvalue weighted by Crippen LogP contribution is -2.47. The Hall–Kier alpha value is -1.10. The summed E-state index contributed by atoms with van der Waals surface area (Å²) in [5.41, 5.74) is 5.73. The highest BCUT2D eigenvalue weighted by Gasteiger charge is 2.20. The molecule has 0 aromatic rings. The summed E-state index contributed by atoms with van der Waals surface area (Å²) in [6.07, 6.45) is 1.52. The molecule has 1 atom stereocenters. The Labute approximate surface area is 97.4 Å². The maximum atomic E-state index is 11.8. The lowest BCUT2D eigenvalue weighted by atomic mass is 10.1. The number of nitrogens with one attached hydrogen (secondary N) is 1. The highest BCUT2D eigenvalue weighted by atomic mass is 16.2. The van der Waals surface area contributed by atoms with Crippen molar-refractivity contribution in [3.63, 3.8) is 0 Å². The van der Waals surface area contributed by atoms with Crippen LogP contribution in [0, 0.1) is 0 Å². The SMILES string of the molecule is CCCC(N)C(=O)N(CC)CC(=O)NCC. The van der Waals surface area contributed by atoms with Gasteiger partial charge in [0.25, 0.3) is 0 Å². The van der Waals surface area contributed by atoms with Gasteiger partial charge in [0.1, 0.15) is 0 Å². The zero-order valence-corrected chi connectivity index (χ0v) is 10.5. The van der Waals surface area contributed by atoms with Crippen LogP contribution in [0.2, 0.25) is 0 Å². The van der Waals surface area contributed by atoms with Crippen molar-refractivity contribution in [2.24, 2.45) is 5.73 Å². The van der Waals surface area contributed by atoms with Gasteiger partial charge in [-0.25, -0.2) is 0 Å². The molecule has 0 bridgehead atoms. The number of hydrogen-bond donors (Lipinski definition) is 2. The molecule has 0 aliphatic rings. The zero-order chi connectivity index (χ0) is 12.6. The Morgan fingerprint density at radius 2 is 1.94 bits per heavy atom. The van der Waals surface area contributed by atoms with Gasteiger partial charge in [-0.2, -0.15) is 0 Å². The van der Waals surface area contributed by atoms with Gasteiger partial charge in [-0.1, -0.05) is 13.3 Å². The first kappa shape index (κ1) is 14.9. The molecule has 1 unspecified atom stereocenters. The molecule has 0 aromatic carbocycles. The average molecular weight is 229 g/mol. The van der Waals surface area contributed by atoms with E-state index in [-0.39, 0.29) is 18.4 Å². The van der Waals surface area contributed by atoms with Gasteiger partial charge in [0.05, 0.1) is 12.6 Å². The molecule has 94 valence electrons. The fraction of sp³-hybridized carbons (Fsp3) is 0.818. The third-order valence-electron chi connectivity index (χ3n) is 2.32. The maximum absolute atomic E-state index is 11.8. The van der Waals surface area contributed by atoms with E-state index in [1.165, 1.54) is 4.90 Å². The first-order chi connectivity index (χ1) is 7.56. The molecule has 0 saturated carbocycles. The number of carbonyl (C=O) groups is 2. The molecule has 0 fully saturated rings. The Kier molecular flexibility index (Phi) is 7.54. The summed E-state index contributed by atoms with van der Waals surface area (Å²) in [4.78, 5) is 24.7. The molecule has 0 heterocycles. The highest BCUT2D eigenvalue weighted by molar-refractivity contribution is 5.87. The fourth-order valence-electron chi connectivity index (χ4n) is 1.44. The fourth-order valence-corrected chi connectivity index (χ4v) is 1.44. The number of carbonyl (C=O) groups excluding carboxylic acids is 2. The van der Waals surface area contributed by atoms with Crippen LogP contribution in [-0.2, 0) is 9.59 Å². The van der Waals surface area contributed by atoms with Crippen LogP contribution in [0.1, 0.15) is 33.6 Å². The van der Waals surface area contributed by atoms with E-state index in [1.54, 1.807) is 0 Å². The Bertz CT molecular complexity index is 231. The summed E-state index contributed by atoms with van der Waals surface area (Å²) < 4.78 is 0. The van der Waals surface area contributed by atoms with E-state index in [9.17, 15) is 9.59 Å². The van der Waals surface area contributed by atoms with Gasteiger partial charge < -0.3 is 16.0 Å². The van der Waals surface area contributed by atoms with Crippen molar-refractivity contribution in [3.05, 3.63) is 0 Å². The molecule has 0 aromatic heterocycles. The number of amides is 2. The van der Waals surface area contributed by atoms with Crippen LogP contribution in [-0.4, -0.2) is 42.4 Å². The van der Waals surface area contributed by atoms with E-state index in [0.717, 1.165) is 6.42 Å². The highest BCUT2D eigenvalue weighted by Crippen LogP contribution is 1.99. The van der Waals surface area contributed by atoms with Crippen LogP contribution in [0.15, 0.2) is 0 Å². The first-order valence-corrected chi connectivity index (χ1v) is 5.87. The molecule has 2 amide bonds. The molecule has 0 saturated heterocycles. The van der Waals surface area contributed by atoms with Crippen molar-refractivity contribution in [3.8, 4) is 0 Å². The van der Waals surface area contributed by atoms with E-state index < -0.39 is 6.04 Å². The maximum Gasteiger partial charge on any atom is 0.239 e. The Balaban J connectivity index is 4.26. The smallest absolute Gasteiger partial charge is 0.239 e. The number of rotatable bonds is 7. The number of likely N-dealkylation sites (N-methyl/N-ethyl adjacent to an activating group) is 2. The quantitative estimate of drug-likeness (QED) is 0.650.